The smallest absolute Gasteiger partial charge is 0.311 e. The minimum absolute atomic E-state index is 0.282. The second-order valence-corrected chi connectivity index (χ2v) is 8.47. The molecule has 4 nitrogen and oxygen atoms in total. The lowest BCUT2D eigenvalue weighted by molar-refractivity contribution is -0.150. The van der Waals surface area contributed by atoms with Crippen LogP contribution in [-0.2, 0) is 4.79 Å². The monoisotopic (exact) mass is 411 g/mol. The van der Waals surface area contributed by atoms with Gasteiger partial charge in [0.15, 0.2) is 0 Å². The zero-order chi connectivity index (χ0) is 15.0. The molecule has 7 heteroatoms. The molecule has 2 N–H and O–H groups in total. The van der Waals surface area contributed by atoms with Gasteiger partial charge in [-0.3, -0.25) is 9.59 Å². The van der Waals surface area contributed by atoms with E-state index in [0.29, 0.717) is 4.88 Å². The number of carboxylic acids is 1. The molecular weight excluding hydrogens is 398 g/mol. The van der Waals surface area contributed by atoms with E-state index in [9.17, 15) is 14.7 Å². The normalized spacial score (nSPS) is 12.3. The Morgan fingerprint density at radius 3 is 2.16 bits per heavy atom. The predicted octanol–water partition coefficient (Wildman–Crippen LogP) is 3.89. The molecule has 0 fully saturated rings. The highest BCUT2D eigenvalue weighted by Gasteiger charge is 2.44. The first-order valence-corrected chi connectivity index (χ1v) is 7.90. The summed E-state index contributed by atoms with van der Waals surface area (Å²) in [4.78, 5) is 24.0. The van der Waals surface area contributed by atoms with E-state index in [1.165, 1.54) is 11.3 Å². The van der Waals surface area contributed by atoms with E-state index in [2.05, 4.69) is 37.2 Å². The maximum atomic E-state index is 12.2. The van der Waals surface area contributed by atoms with Gasteiger partial charge >= 0.3 is 5.97 Å². The predicted molar refractivity (Wildman–Crippen MR) is 82.7 cm³/mol. The van der Waals surface area contributed by atoms with E-state index in [0.717, 1.165) is 8.26 Å². The Hall–Kier alpha value is -0.400. The maximum Gasteiger partial charge on any atom is 0.311 e. The molecule has 1 rings (SSSR count). The van der Waals surface area contributed by atoms with Gasteiger partial charge < -0.3 is 10.4 Å². The van der Waals surface area contributed by atoms with Crippen molar-refractivity contribution in [3.8, 4) is 0 Å². The zero-order valence-electron chi connectivity index (χ0n) is 11.0. The number of carbonyl (C=O) groups excluding carboxylic acids is 1. The third-order valence-corrected chi connectivity index (χ3v) is 6.65. The van der Waals surface area contributed by atoms with Crippen LogP contribution in [0.15, 0.2) is 14.3 Å². The first kappa shape index (κ1) is 16.7. The fourth-order valence-electron chi connectivity index (χ4n) is 1.23. The Balaban J connectivity index is 2.95. The summed E-state index contributed by atoms with van der Waals surface area (Å²) in [6.07, 6.45) is 0. The Kier molecular flexibility index (Phi) is 4.85. The van der Waals surface area contributed by atoms with Crippen LogP contribution in [0.1, 0.15) is 37.4 Å². The molecule has 0 atom stereocenters. The van der Waals surface area contributed by atoms with E-state index in [1.807, 2.05) is 0 Å². The van der Waals surface area contributed by atoms with Crippen LogP contribution < -0.4 is 5.32 Å². The molecule has 0 saturated carbocycles. The first-order chi connectivity index (χ1) is 8.49. The summed E-state index contributed by atoms with van der Waals surface area (Å²) in [6, 6.07) is 1.70. The van der Waals surface area contributed by atoms with Crippen molar-refractivity contribution < 1.29 is 14.7 Å². The van der Waals surface area contributed by atoms with Crippen molar-refractivity contribution in [1.82, 2.24) is 5.32 Å². The molecule has 106 valence electrons. The molecule has 0 aliphatic heterocycles. The number of carbonyl (C=O) groups is 2. The average Bonchev–Trinajstić information content (AvgIpc) is 2.58. The Morgan fingerprint density at radius 1 is 1.26 bits per heavy atom. The first-order valence-electron chi connectivity index (χ1n) is 5.50. The lowest BCUT2D eigenvalue weighted by atomic mass is 9.74. The van der Waals surface area contributed by atoms with Crippen LogP contribution in [0, 0.1) is 5.41 Å². The highest BCUT2D eigenvalue weighted by Crippen LogP contribution is 2.34. The Labute approximate surface area is 132 Å². The number of thiophene rings is 1. The Morgan fingerprint density at radius 2 is 1.79 bits per heavy atom. The number of carboxylic acid groups (broad SMARTS) is 1. The van der Waals surface area contributed by atoms with Crippen molar-refractivity contribution in [1.29, 1.82) is 0 Å². The zero-order valence-corrected chi connectivity index (χ0v) is 15.0. The standard InChI is InChI=1S/C12H15Br2NO3S/c1-11(2,10(17)18)12(3,4)15-9(16)7-5-6(13)8(14)19-7/h5H,1-4H3,(H,15,16)(H,17,18). The van der Waals surface area contributed by atoms with Gasteiger partial charge in [-0.2, -0.15) is 0 Å². The average molecular weight is 413 g/mol. The van der Waals surface area contributed by atoms with E-state index >= 15 is 0 Å². The second-order valence-electron chi connectivity index (χ2n) is 5.24. The maximum absolute atomic E-state index is 12.2. The molecule has 1 heterocycles. The topological polar surface area (TPSA) is 66.4 Å². The Bertz CT molecular complexity index is 504. The molecular formula is C12H15Br2NO3S. The number of halogens is 2. The van der Waals surface area contributed by atoms with Crippen LogP contribution in [0.2, 0.25) is 0 Å². The molecule has 0 aromatic carbocycles. The third kappa shape index (κ3) is 3.38. The molecule has 0 saturated heterocycles. The van der Waals surface area contributed by atoms with Crippen LogP contribution in [-0.4, -0.2) is 22.5 Å². The highest BCUT2D eigenvalue weighted by atomic mass is 79.9. The number of aliphatic carboxylic acids is 1. The van der Waals surface area contributed by atoms with Crippen molar-refractivity contribution in [2.24, 2.45) is 5.41 Å². The SMILES string of the molecule is CC(C)(NC(=O)c1cc(Br)c(Br)s1)C(C)(C)C(=O)O. The summed E-state index contributed by atoms with van der Waals surface area (Å²) in [5.74, 6) is -1.23. The summed E-state index contributed by atoms with van der Waals surface area (Å²) in [6.45, 7) is 6.60. The lowest BCUT2D eigenvalue weighted by Gasteiger charge is -2.38. The van der Waals surface area contributed by atoms with Crippen LogP contribution in [0.4, 0.5) is 0 Å². The van der Waals surface area contributed by atoms with Crippen molar-refractivity contribution in [3.63, 3.8) is 0 Å². The second kappa shape index (κ2) is 5.54. The van der Waals surface area contributed by atoms with Gasteiger partial charge in [0.1, 0.15) is 0 Å². The molecule has 0 unspecified atom stereocenters. The van der Waals surface area contributed by atoms with Gasteiger partial charge in [-0.15, -0.1) is 11.3 Å². The summed E-state index contributed by atoms with van der Waals surface area (Å²) in [7, 11) is 0. The molecule has 0 aliphatic carbocycles. The molecule has 1 aromatic heterocycles. The van der Waals surface area contributed by atoms with Crippen molar-refractivity contribution in [2.75, 3.05) is 0 Å². The van der Waals surface area contributed by atoms with Crippen molar-refractivity contribution in [2.45, 2.75) is 33.2 Å². The van der Waals surface area contributed by atoms with Crippen LogP contribution in [0.25, 0.3) is 0 Å². The van der Waals surface area contributed by atoms with Gasteiger partial charge in [0.2, 0.25) is 0 Å². The molecule has 0 radical (unpaired) electrons. The molecule has 1 aromatic rings. The van der Waals surface area contributed by atoms with Gasteiger partial charge in [-0.25, -0.2) is 0 Å². The summed E-state index contributed by atoms with van der Waals surface area (Å²) < 4.78 is 1.63. The molecule has 0 bridgehead atoms. The number of nitrogens with one attached hydrogen (secondary N) is 1. The number of rotatable bonds is 4. The number of hydrogen-bond donors (Lipinski definition) is 2. The summed E-state index contributed by atoms with van der Waals surface area (Å²) in [5.41, 5.74) is -1.95. The lowest BCUT2D eigenvalue weighted by Crippen LogP contribution is -2.56. The van der Waals surface area contributed by atoms with Gasteiger partial charge in [0.25, 0.3) is 5.91 Å². The van der Waals surface area contributed by atoms with Crippen LogP contribution in [0.3, 0.4) is 0 Å². The molecule has 0 aliphatic rings. The third-order valence-electron chi connectivity index (χ3n) is 3.39. The molecule has 19 heavy (non-hydrogen) atoms. The minimum Gasteiger partial charge on any atom is -0.481 e. The van der Waals surface area contributed by atoms with E-state index in [4.69, 9.17) is 0 Å². The van der Waals surface area contributed by atoms with E-state index < -0.39 is 16.9 Å². The van der Waals surface area contributed by atoms with E-state index in [-0.39, 0.29) is 5.91 Å². The van der Waals surface area contributed by atoms with Crippen LogP contribution >= 0.6 is 43.2 Å². The van der Waals surface area contributed by atoms with Crippen LogP contribution in [0.5, 0.6) is 0 Å². The molecule has 0 spiro atoms. The van der Waals surface area contributed by atoms with Crippen molar-refractivity contribution in [3.05, 3.63) is 19.2 Å². The quantitative estimate of drug-likeness (QED) is 0.788. The fourth-order valence-corrected chi connectivity index (χ4v) is 3.16. The molecule has 1 amide bonds. The summed E-state index contributed by atoms with van der Waals surface area (Å²) >= 11 is 7.93. The largest absolute Gasteiger partial charge is 0.481 e. The highest BCUT2D eigenvalue weighted by molar-refractivity contribution is 9.13. The summed E-state index contributed by atoms with van der Waals surface area (Å²) in [5, 5.41) is 12.0. The van der Waals surface area contributed by atoms with Gasteiger partial charge in [-0.05, 0) is 65.6 Å². The minimum atomic E-state index is -1.08. The van der Waals surface area contributed by atoms with Crippen molar-refractivity contribution >= 4 is 55.1 Å². The van der Waals surface area contributed by atoms with Gasteiger partial charge in [0, 0.05) is 4.47 Å². The number of hydrogen-bond acceptors (Lipinski definition) is 3. The van der Waals surface area contributed by atoms with Gasteiger partial charge in [0.05, 0.1) is 19.6 Å². The van der Waals surface area contributed by atoms with Gasteiger partial charge in [-0.1, -0.05) is 0 Å². The number of amides is 1. The fraction of sp³-hybridized carbons (Fsp3) is 0.500. The van der Waals surface area contributed by atoms with E-state index in [1.54, 1.807) is 33.8 Å².